The molecule has 0 spiro atoms. The maximum atomic E-state index is 12.3. The summed E-state index contributed by atoms with van der Waals surface area (Å²) in [6.07, 6.45) is 8.38. The monoisotopic (exact) mass is 431 g/mol. The summed E-state index contributed by atoms with van der Waals surface area (Å²) >= 11 is 1.62. The number of piperazine rings is 1. The van der Waals surface area contributed by atoms with Crippen molar-refractivity contribution in [2.75, 3.05) is 45.8 Å². The van der Waals surface area contributed by atoms with Gasteiger partial charge >= 0.3 is 0 Å². The molecule has 1 amide bonds. The van der Waals surface area contributed by atoms with Gasteiger partial charge in [-0.2, -0.15) is 4.98 Å². The standard InChI is InChI=1S/C22H33N5O2S/c28-20(23-16-18-6-2-1-3-7-18)17-27-13-11-26(12-14-27)10-4-9-21-24-22(25-29-21)19-8-5-15-30-19/h5,8,15,18H,1-4,6-7,9-14,16-17H2,(H,23,28). The van der Waals surface area contributed by atoms with E-state index in [1.54, 1.807) is 11.3 Å². The molecule has 1 aliphatic carbocycles. The molecule has 3 heterocycles. The summed E-state index contributed by atoms with van der Waals surface area (Å²) in [5.74, 6) is 2.29. The largest absolute Gasteiger partial charge is 0.355 e. The lowest BCUT2D eigenvalue weighted by Gasteiger charge is -2.34. The van der Waals surface area contributed by atoms with E-state index in [4.69, 9.17) is 4.52 Å². The number of amides is 1. The maximum absolute atomic E-state index is 12.3. The van der Waals surface area contributed by atoms with Gasteiger partial charge in [0.2, 0.25) is 17.6 Å². The lowest BCUT2D eigenvalue weighted by Crippen LogP contribution is -2.50. The van der Waals surface area contributed by atoms with Crippen LogP contribution in [-0.2, 0) is 11.2 Å². The molecule has 2 fully saturated rings. The van der Waals surface area contributed by atoms with Gasteiger partial charge in [-0.1, -0.05) is 30.5 Å². The van der Waals surface area contributed by atoms with E-state index < -0.39 is 0 Å². The minimum absolute atomic E-state index is 0.187. The molecule has 1 saturated heterocycles. The van der Waals surface area contributed by atoms with Crippen LogP contribution in [0.4, 0.5) is 0 Å². The normalized spacial score (nSPS) is 19.2. The van der Waals surface area contributed by atoms with Gasteiger partial charge in [-0.3, -0.25) is 9.69 Å². The number of carbonyl (C=O) groups excluding carboxylic acids is 1. The van der Waals surface area contributed by atoms with Crippen LogP contribution in [0.2, 0.25) is 0 Å². The topological polar surface area (TPSA) is 74.5 Å². The van der Waals surface area contributed by atoms with Gasteiger partial charge < -0.3 is 14.7 Å². The molecule has 1 aliphatic heterocycles. The van der Waals surface area contributed by atoms with E-state index in [0.717, 1.165) is 57.0 Å². The average Bonchev–Trinajstić information content (AvgIpc) is 3.46. The molecule has 30 heavy (non-hydrogen) atoms. The third-order valence-corrected chi connectivity index (χ3v) is 7.09. The molecule has 0 unspecified atom stereocenters. The molecular weight excluding hydrogens is 398 g/mol. The summed E-state index contributed by atoms with van der Waals surface area (Å²) < 4.78 is 5.38. The van der Waals surface area contributed by atoms with Crippen LogP contribution >= 0.6 is 11.3 Å². The second-order valence-electron chi connectivity index (χ2n) is 8.52. The summed E-state index contributed by atoms with van der Waals surface area (Å²) in [5, 5.41) is 9.25. The molecule has 164 valence electrons. The van der Waals surface area contributed by atoms with Crippen molar-refractivity contribution in [3.63, 3.8) is 0 Å². The molecule has 2 aliphatic rings. The first-order valence-corrected chi connectivity index (χ1v) is 12.2. The Morgan fingerprint density at radius 2 is 1.97 bits per heavy atom. The van der Waals surface area contributed by atoms with Crippen molar-refractivity contribution >= 4 is 17.2 Å². The van der Waals surface area contributed by atoms with Crippen LogP contribution in [0.5, 0.6) is 0 Å². The summed E-state index contributed by atoms with van der Waals surface area (Å²) in [7, 11) is 0. The van der Waals surface area contributed by atoms with E-state index in [9.17, 15) is 4.79 Å². The van der Waals surface area contributed by atoms with E-state index in [1.807, 2.05) is 17.5 Å². The van der Waals surface area contributed by atoms with Gasteiger partial charge in [0, 0.05) is 39.1 Å². The van der Waals surface area contributed by atoms with E-state index in [1.165, 1.54) is 32.1 Å². The molecule has 4 rings (SSSR count). The molecule has 0 aromatic carbocycles. The van der Waals surface area contributed by atoms with Crippen LogP contribution in [0.3, 0.4) is 0 Å². The average molecular weight is 432 g/mol. The van der Waals surface area contributed by atoms with Gasteiger partial charge in [0.15, 0.2) is 0 Å². The summed E-state index contributed by atoms with van der Waals surface area (Å²) in [6.45, 7) is 6.37. The van der Waals surface area contributed by atoms with Crippen molar-refractivity contribution in [1.82, 2.24) is 25.3 Å². The van der Waals surface area contributed by atoms with Crippen LogP contribution in [0.1, 0.15) is 44.4 Å². The second kappa shape index (κ2) is 11.0. The number of hydrogen-bond acceptors (Lipinski definition) is 7. The van der Waals surface area contributed by atoms with E-state index in [2.05, 4.69) is 25.3 Å². The van der Waals surface area contributed by atoms with Crippen molar-refractivity contribution in [3.8, 4) is 10.7 Å². The first kappa shape index (κ1) is 21.5. The van der Waals surface area contributed by atoms with Crippen molar-refractivity contribution < 1.29 is 9.32 Å². The molecule has 0 radical (unpaired) electrons. The highest BCUT2D eigenvalue weighted by Crippen LogP contribution is 2.23. The Balaban J connectivity index is 1.08. The Kier molecular flexibility index (Phi) is 7.88. The fourth-order valence-electron chi connectivity index (χ4n) is 4.40. The first-order valence-electron chi connectivity index (χ1n) is 11.3. The van der Waals surface area contributed by atoms with Crippen LogP contribution in [-0.4, -0.2) is 71.7 Å². The first-order chi connectivity index (χ1) is 14.8. The molecule has 0 atom stereocenters. The smallest absolute Gasteiger partial charge is 0.234 e. The van der Waals surface area contributed by atoms with Crippen LogP contribution in [0.25, 0.3) is 10.7 Å². The number of aryl methyl sites for hydroxylation is 1. The number of nitrogens with one attached hydrogen (secondary N) is 1. The molecule has 0 bridgehead atoms. The zero-order valence-corrected chi connectivity index (χ0v) is 18.5. The quantitative estimate of drug-likeness (QED) is 0.658. The molecule has 1 saturated carbocycles. The van der Waals surface area contributed by atoms with Gasteiger partial charge in [0.1, 0.15) is 0 Å². The number of hydrogen-bond donors (Lipinski definition) is 1. The third-order valence-electron chi connectivity index (χ3n) is 6.22. The van der Waals surface area contributed by atoms with E-state index in [0.29, 0.717) is 24.2 Å². The highest BCUT2D eigenvalue weighted by Gasteiger charge is 2.20. The van der Waals surface area contributed by atoms with Gasteiger partial charge in [0.05, 0.1) is 11.4 Å². The summed E-state index contributed by atoms with van der Waals surface area (Å²) in [5.41, 5.74) is 0. The highest BCUT2D eigenvalue weighted by atomic mass is 32.1. The lowest BCUT2D eigenvalue weighted by atomic mass is 9.89. The Morgan fingerprint density at radius 3 is 2.73 bits per heavy atom. The molecule has 1 N–H and O–H groups in total. The SMILES string of the molecule is O=C(CN1CCN(CCCc2nc(-c3cccs3)no2)CC1)NCC1CCCCC1. The van der Waals surface area contributed by atoms with Gasteiger partial charge in [-0.25, -0.2) is 0 Å². The van der Waals surface area contributed by atoms with Gasteiger partial charge in [-0.15, -0.1) is 11.3 Å². The lowest BCUT2D eigenvalue weighted by molar-refractivity contribution is -0.122. The fraction of sp³-hybridized carbons (Fsp3) is 0.682. The van der Waals surface area contributed by atoms with Crippen molar-refractivity contribution in [1.29, 1.82) is 0 Å². The van der Waals surface area contributed by atoms with Crippen LogP contribution in [0, 0.1) is 5.92 Å². The minimum Gasteiger partial charge on any atom is -0.355 e. The predicted molar refractivity (Wildman–Crippen MR) is 118 cm³/mol. The maximum Gasteiger partial charge on any atom is 0.234 e. The Labute approximate surface area is 182 Å². The van der Waals surface area contributed by atoms with E-state index >= 15 is 0 Å². The number of thiophene rings is 1. The number of aromatic nitrogens is 2. The van der Waals surface area contributed by atoms with Gasteiger partial charge in [0.25, 0.3) is 0 Å². The van der Waals surface area contributed by atoms with Crippen molar-refractivity contribution in [3.05, 3.63) is 23.4 Å². The molecule has 7 nitrogen and oxygen atoms in total. The Bertz CT molecular complexity index is 764. The fourth-order valence-corrected chi connectivity index (χ4v) is 5.04. The summed E-state index contributed by atoms with van der Waals surface area (Å²) in [6, 6.07) is 4.01. The molecule has 8 heteroatoms. The van der Waals surface area contributed by atoms with Gasteiger partial charge in [-0.05, 0) is 43.2 Å². The second-order valence-corrected chi connectivity index (χ2v) is 9.47. The molecular formula is C22H33N5O2S. The Hall–Kier alpha value is -1.77. The minimum atomic E-state index is 0.187. The number of nitrogens with zero attached hydrogens (tertiary/aromatic N) is 4. The number of carbonyl (C=O) groups is 1. The molecule has 2 aromatic rings. The third kappa shape index (κ3) is 6.36. The van der Waals surface area contributed by atoms with Crippen molar-refractivity contribution in [2.45, 2.75) is 44.9 Å². The van der Waals surface area contributed by atoms with Crippen LogP contribution in [0.15, 0.2) is 22.0 Å². The predicted octanol–water partition coefficient (Wildman–Crippen LogP) is 3.04. The van der Waals surface area contributed by atoms with E-state index in [-0.39, 0.29) is 5.91 Å². The zero-order valence-electron chi connectivity index (χ0n) is 17.7. The van der Waals surface area contributed by atoms with Crippen molar-refractivity contribution in [2.24, 2.45) is 5.92 Å². The molecule has 2 aromatic heterocycles. The van der Waals surface area contributed by atoms with Crippen LogP contribution < -0.4 is 5.32 Å². The number of rotatable bonds is 9. The highest BCUT2D eigenvalue weighted by molar-refractivity contribution is 7.13. The Morgan fingerprint density at radius 1 is 1.17 bits per heavy atom. The summed E-state index contributed by atoms with van der Waals surface area (Å²) in [4.78, 5) is 22.5. The zero-order chi connectivity index (χ0) is 20.6.